The van der Waals surface area contributed by atoms with Crippen LogP contribution in [0.15, 0.2) is 30.3 Å². The Hall–Kier alpha value is -1.06. The maximum Gasteiger partial charge on any atom is 0.119 e. The Labute approximate surface area is 103 Å². The number of hydrogen-bond acceptors (Lipinski definition) is 3. The normalized spacial score (nSPS) is 21.4. The minimum absolute atomic E-state index is 0.126. The third kappa shape index (κ3) is 4.36. The second-order valence-electron chi connectivity index (χ2n) is 4.61. The lowest BCUT2D eigenvalue weighted by Gasteiger charge is -2.29. The summed E-state index contributed by atoms with van der Waals surface area (Å²) in [6.07, 6.45) is 2.96. The van der Waals surface area contributed by atoms with Crippen LogP contribution in [0, 0.1) is 0 Å². The van der Waals surface area contributed by atoms with E-state index in [1.165, 1.54) is 0 Å². The highest BCUT2D eigenvalue weighted by atomic mass is 16.5. The fourth-order valence-corrected chi connectivity index (χ4v) is 2.23. The number of rotatable bonds is 5. The molecule has 0 aromatic heterocycles. The summed E-state index contributed by atoms with van der Waals surface area (Å²) < 4.78 is 5.63. The van der Waals surface area contributed by atoms with E-state index in [9.17, 15) is 5.11 Å². The van der Waals surface area contributed by atoms with E-state index in [4.69, 9.17) is 4.74 Å². The molecule has 0 saturated carbocycles. The molecule has 1 aliphatic rings. The van der Waals surface area contributed by atoms with E-state index in [-0.39, 0.29) is 6.10 Å². The number of benzene rings is 1. The van der Waals surface area contributed by atoms with Crippen LogP contribution in [0.4, 0.5) is 0 Å². The Morgan fingerprint density at radius 1 is 1.29 bits per heavy atom. The molecule has 1 fully saturated rings. The first-order chi connectivity index (χ1) is 8.34. The van der Waals surface area contributed by atoms with Crippen molar-refractivity contribution in [1.82, 2.24) is 4.90 Å². The van der Waals surface area contributed by atoms with Gasteiger partial charge in [-0.1, -0.05) is 18.2 Å². The summed E-state index contributed by atoms with van der Waals surface area (Å²) in [5, 5.41) is 9.54. The summed E-state index contributed by atoms with van der Waals surface area (Å²) in [6.45, 7) is 3.70. The highest BCUT2D eigenvalue weighted by molar-refractivity contribution is 5.20. The Morgan fingerprint density at radius 3 is 2.88 bits per heavy atom. The van der Waals surface area contributed by atoms with Crippen molar-refractivity contribution in [3.05, 3.63) is 30.3 Å². The van der Waals surface area contributed by atoms with Crippen molar-refractivity contribution in [2.24, 2.45) is 0 Å². The lowest BCUT2D eigenvalue weighted by Crippen LogP contribution is -2.39. The fraction of sp³-hybridized carbons (Fsp3) is 0.571. The van der Waals surface area contributed by atoms with E-state index in [2.05, 4.69) is 4.90 Å². The van der Waals surface area contributed by atoms with Crippen LogP contribution in [-0.2, 0) is 0 Å². The van der Waals surface area contributed by atoms with E-state index in [1.807, 2.05) is 30.3 Å². The molecule has 0 unspecified atom stereocenters. The van der Waals surface area contributed by atoms with Gasteiger partial charge in [-0.2, -0.15) is 0 Å². The number of ether oxygens (including phenoxy) is 1. The summed E-state index contributed by atoms with van der Waals surface area (Å²) in [5.74, 6) is 0.936. The molecule has 1 aliphatic heterocycles. The van der Waals surface area contributed by atoms with Crippen LogP contribution < -0.4 is 4.74 Å². The third-order valence-electron chi connectivity index (χ3n) is 3.11. The van der Waals surface area contributed by atoms with Crippen molar-refractivity contribution in [2.45, 2.75) is 25.4 Å². The first kappa shape index (κ1) is 12.4. The summed E-state index contributed by atoms with van der Waals surface area (Å²) in [7, 11) is 0. The molecule has 1 heterocycles. The zero-order chi connectivity index (χ0) is 11.9. The van der Waals surface area contributed by atoms with Gasteiger partial charge in [-0.25, -0.2) is 0 Å². The van der Waals surface area contributed by atoms with Gasteiger partial charge in [0.15, 0.2) is 0 Å². The van der Waals surface area contributed by atoms with Crippen LogP contribution in [0.2, 0.25) is 0 Å². The predicted octanol–water partition coefficient (Wildman–Crippen LogP) is 1.91. The largest absolute Gasteiger partial charge is 0.494 e. The van der Waals surface area contributed by atoms with Crippen LogP contribution in [0.3, 0.4) is 0 Å². The van der Waals surface area contributed by atoms with Gasteiger partial charge in [0, 0.05) is 13.1 Å². The molecule has 2 rings (SSSR count). The molecule has 3 nitrogen and oxygen atoms in total. The van der Waals surface area contributed by atoms with Gasteiger partial charge in [-0.3, -0.25) is 0 Å². The molecule has 1 aromatic rings. The molecule has 1 aromatic carbocycles. The van der Waals surface area contributed by atoms with Crippen molar-refractivity contribution in [3.8, 4) is 5.75 Å². The number of aliphatic hydroxyl groups is 1. The van der Waals surface area contributed by atoms with Crippen molar-refractivity contribution < 1.29 is 9.84 Å². The quantitative estimate of drug-likeness (QED) is 0.791. The summed E-state index contributed by atoms with van der Waals surface area (Å²) in [6, 6.07) is 9.91. The first-order valence-electron chi connectivity index (χ1n) is 6.43. The molecule has 1 saturated heterocycles. The topological polar surface area (TPSA) is 32.7 Å². The van der Waals surface area contributed by atoms with E-state index in [0.29, 0.717) is 0 Å². The Morgan fingerprint density at radius 2 is 2.12 bits per heavy atom. The fourth-order valence-electron chi connectivity index (χ4n) is 2.23. The van der Waals surface area contributed by atoms with Gasteiger partial charge >= 0.3 is 0 Å². The average Bonchev–Trinajstić information content (AvgIpc) is 2.36. The summed E-state index contributed by atoms with van der Waals surface area (Å²) in [5.41, 5.74) is 0. The Bertz CT molecular complexity index is 315. The van der Waals surface area contributed by atoms with Gasteiger partial charge in [-0.15, -0.1) is 0 Å². The molecule has 0 spiro atoms. The molecule has 0 radical (unpaired) electrons. The van der Waals surface area contributed by atoms with Crippen molar-refractivity contribution >= 4 is 0 Å². The van der Waals surface area contributed by atoms with Gasteiger partial charge in [0.2, 0.25) is 0 Å². The smallest absolute Gasteiger partial charge is 0.119 e. The number of nitrogens with zero attached hydrogens (tertiary/aromatic N) is 1. The molecule has 94 valence electrons. The molecule has 1 atom stereocenters. The number of hydrogen-bond donors (Lipinski definition) is 1. The maximum atomic E-state index is 9.54. The maximum absolute atomic E-state index is 9.54. The van der Waals surface area contributed by atoms with Crippen molar-refractivity contribution in [3.63, 3.8) is 0 Å². The molecule has 3 heteroatoms. The van der Waals surface area contributed by atoms with E-state index < -0.39 is 0 Å². The van der Waals surface area contributed by atoms with Gasteiger partial charge in [0.05, 0.1) is 12.7 Å². The SMILES string of the molecule is O[C@H]1CCCN(CCCOc2ccccc2)C1. The minimum Gasteiger partial charge on any atom is -0.494 e. The van der Waals surface area contributed by atoms with Crippen molar-refractivity contribution in [2.75, 3.05) is 26.2 Å². The van der Waals surface area contributed by atoms with Crippen LogP contribution in [0.25, 0.3) is 0 Å². The first-order valence-corrected chi connectivity index (χ1v) is 6.43. The highest BCUT2D eigenvalue weighted by Crippen LogP contribution is 2.11. The van der Waals surface area contributed by atoms with Crippen molar-refractivity contribution in [1.29, 1.82) is 0 Å². The average molecular weight is 235 g/mol. The summed E-state index contributed by atoms with van der Waals surface area (Å²) >= 11 is 0. The van der Waals surface area contributed by atoms with E-state index >= 15 is 0 Å². The Balaban J connectivity index is 1.60. The zero-order valence-electron chi connectivity index (χ0n) is 10.2. The monoisotopic (exact) mass is 235 g/mol. The number of para-hydroxylation sites is 1. The standard InChI is InChI=1S/C14H21NO2/c16-13-6-4-9-15(12-13)10-5-11-17-14-7-2-1-3-8-14/h1-3,7-8,13,16H,4-6,9-12H2/t13-/m0/s1. The number of aliphatic hydroxyl groups excluding tert-OH is 1. The molecule has 1 N–H and O–H groups in total. The predicted molar refractivity (Wildman–Crippen MR) is 68.2 cm³/mol. The second-order valence-corrected chi connectivity index (χ2v) is 4.61. The Kier molecular flexibility index (Phi) is 4.83. The zero-order valence-corrected chi connectivity index (χ0v) is 10.2. The molecule has 17 heavy (non-hydrogen) atoms. The van der Waals surface area contributed by atoms with Crippen LogP contribution in [-0.4, -0.2) is 42.4 Å². The number of β-amino-alcohol motifs (C(OH)–C–C–N with tert-alkyl or cyclic N) is 1. The molecular formula is C14H21NO2. The minimum atomic E-state index is -0.126. The van der Waals surface area contributed by atoms with Crippen LogP contribution >= 0.6 is 0 Å². The van der Waals surface area contributed by atoms with Gasteiger partial charge < -0.3 is 14.7 Å². The third-order valence-corrected chi connectivity index (χ3v) is 3.11. The second kappa shape index (κ2) is 6.62. The lowest BCUT2D eigenvalue weighted by molar-refractivity contribution is 0.0679. The molecular weight excluding hydrogens is 214 g/mol. The molecule has 0 aliphatic carbocycles. The van der Waals surface area contributed by atoms with Gasteiger partial charge in [0.25, 0.3) is 0 Å². The van der Waals surface area contributed by atoms with Crippen LogP contribution in [0.1, 0.15) is 19.3 Å². The molecule has 0 amide bonds. The van der Waals surface area contributed by atoms with Gasteiger partial charge in [0.1, 0.15) is 5.75 Å². The lowest BCUT2D eigenvalue weighted by atomic mass is 10.1. The number of likely N-dealkylation sites (tertiary alicyclic amines) is 1. The van der Waals surface area contributed by atoms with E-state index in [0.717, 1.165) is 51.3 Å². The highest BCUT2D eigenvalue weighted by Gasteiger charge is 2.16. The summed E-state index contributed by atoms with van der Waals surface area (Å²) in [4.78, 5) is 2.32. The number of piperidine rings is 1. The van der Waals surface area contributed by atoms with E-state index in [1.54, 1.807) is 0 Å². The van der Waals surface area contributed by atoms with Gasteiger partial charge in [-0.05, 0) is 37.9 Å². The van der Waals surface area contributed by atoms with Crippen LogP contribution in [0.5, 0.6) is 5.75 Å². The molecule has 0 bridgehead atoms.